The van der Waals surface area contributed by atoms with Gasteiger partial charge in [-0.15, -0.1) is 0 Å². The summed E-state index contributed by atoms with van der Waals surface area (Å²) in [6.45, 7) is 7.88. The monoisotopic (exact) mass is 335 g/mol. The Labute approximate surface area is 144 Å². The summed E-state index contributed by atoms with van der Waals surface area (Å²) >= 11 is 0. The Balaban J connectivity index is 1.81. The number of hydrogen-bond acceptors (Lipinski definition) is 5. The lowest BCUT2D eigenvalue weighted by Crippen LogP contribution is -2.44. The van der Waals surface area contributed by atoms with E-state index in [-0.39, 0.29) is 23.9 Å². The van der Waals surface area contributed by atoms with Crippen molar-refractivity contribution in [3.8, 4) is 0 Å². The number of nitrogens with zero attached hydrogens (tertiary/aromatic N) is 1. The fourth-order valence-corrected chi connectivity index (χ4v) is 4.06. The van der Waals surface area contributed by atoms with Crippen LogP contribution < -0.4 is 0 Å². The van der Waals surface area contributed by atoms with Crippen molar-refractivity contribution < 1.29 is 19.4 Å². The van der Waals surface area contributed by atoms with Gasteiger partial charge in [0.25, 0.3) is 0 Å². The summed E-state index contributed by atoms with van der Waals surface area (Å²) in [6.07, 6.45) is 5.96. The first kappa shape index (κ1) is 17.6. The number of ether oxygens (including phenoxy) is 2. The van der Waals surface area contributed by atoms with E-state index in [0.717, 1.165) is 32.4 Å². The maximum absolute atomic E-state index is 12.5. The number of rotatable bonds is 2. The van der Waals surface area contributed by atoms with E-state index in [9.17, 15) is 9.90 Å². The number of carbonyl (C=O) groups is 1. The van der Waals surface area contributed by atoms with Gasteiger partial charge >= 0.3 is 5.97 Å². The third-order valence-corrected chi connectivity index (χ3v) is 5.43. The van der Waals surface area contributed by atoms with Crippen molar-refractivity contribution in [1.82, 2.24) is 4.90 Å². The molecule has 0 unspecified atom stereocenters. The molecule has 134 valence electrons. The van der Waals surface area contributed by atoms with Gasteiger partial charge in [-0.2, -0.15) is 0 Å². The predicted molar refractivity (Wildman–Crippen MR) is 91.5 cm³/mol. The minimum atomic E-state index is -0.626. The maximum atomic E-state index is 12.5. The normalized spacial score (nSPS) is 37.9. The topological polar surface area (TPSA) is 59.0 Å². The van der Waals surface area contributed by atoms with E-state index in [2.05, 4.69) is 24.8 Å². The van der Waals surface area contributed by atoms with Crippen molar-refractivity contribution in [3.05, 3.63) is 23.3 Å². The Morgan fingerprint density at radius 1 is 1.25 bits per heavy atom. The van der Waals surface area contributed by atoms with Crippen molar-refractivity contribution in [1.29, 1.82) is 0 Å². The fourth-order valence-electron chi connectivity index (χ4n) is 4.06. The maximum Gasteiger partial charge on any atom is 0.311 e. The smallest absolute Gasteiger partial charge is 0.311 e. The van der Waals surface area contributed by atoms with Gasteiger partial charge < -0.3 is 14.6 Å². The van der Waals surface area contributed by atoms with Crippen LogP contribution in [0.25, 0.3) is 0 Å². The summed E-state index contributed by atoms with van der Waals surface area (Å²) < 4.78 is 11.1. The molecule has 2 saturated heterocycles. The number of carbonyl (C=O) groups excluding carboxylic acids is 1. The average molecular weight is 335 g/mol. The van der Waals surface area contributed by atoms with Crippen LogP contribution in [0.15, 0.2) is 23.3 Å². The Kier molecular flexibility index (Phi) is 5.74. The van der Waals surface area contributed by atoms with E-state index >= 15 is 0 Å². The van der Waals surface area contributed by atoms with Gasteiger partial charge in [0, 0.05) is 32.0 Å². The molecular formula is C19H29NO4. The number of aliphatic hydroxyl groups excluding tert-OH is 1. The molecule has 0 spiro atoms. The molecule has 5 nitrogen and oxygen atoms in total. The molecule has 0 aromatic carbocycles. The van der Waals surface area contributed by atoms with Crippen LogP contribution in [-0.2, 0) is 14.3 Å². The second-order valence-corrected chi connectivity index (χ2v) is 7.37. The summed E-state index contributed by atoms with van der Waals surface area (Å²) in [4.78, 5) is 14.8. The minimum Gasteiger partial charge on any atom is -0.461 e. The van der Waals surface area contributed by atoms with Crippen LogP contribution >= 0.6 is 0 Å². The zero-order chi connectivity index (χ0) is 17.1. The van der Waals surface area contributed by atoms with E-state index in [1.807, 2.05) is 6.08 Å². The van der Waals surface area contributed by atoms with Crippen LogP contribution in [-0.4, -0.2) is 61.0 Å². The van der Waals surface area contributed by atoms with Crippen molar-refractivity contribution in [2.45, 2.75) is 45.3 Å². The molecule has 2 fully saturated rings. The second kappa shape index (κ2) is 7.81. The first-order chi connectivity index (χ1) is 11.5. The highest BCUT2D eigenvalue weighted by Crippen LogP contribution is 2.37. The molecule has 0 aromatic rings. The molecular weight excluding hydrogens is 306 g/mol. The van der Waals surface area contributed by atoms with Crippen molar-refractivity contribution >= 4 is 5.97 Å². The third-order valence-electron chi connectivity index (χ3n) is 5.43. The Hall–Kier alpha value is -1.17. The molecule has 0 radical (unpaired) electrons. The number of morpholine rings is 1. The number of allylic oxidation sites excluding steroid dienone is 2. The third kappa shape index (κ3) is 4.08. The van der Waals surface area contributed by atoms with Gasteiger partial charge in [0.15, 0.2) is 0 Å². The second-order valence-electron chi connectivity index (χ2n) is 7.37. The lowest BCUT2D eigenvalue weighted by atomic mass is 9.81. The molecule has 1 aliphatic carbocycles. The van der Waals surface area contributed by atoms with Crippen LogP contribution in [0.4, 0.5) is 0 Å². The first-order valence-electron chi connectivity index (χ1n) is 9.06. The Bertz CT molecular complexity index is 521. The quantitative estimate of drug-likeness (QED) is 0.617. The number of aliphatic hydroxyl groups is 1. The number of esters is 1. The van der Waals surface area contributed by atoms with Crippen LogP contribution in [0.2, 0.25) is 0 Å². The van der Waals surface area contributed by atoms with Crippen LogP contribution in [0, 0.1) is 11.8 Å². The van der Waals surface area contributed by atoms with Gasteiger partial charge in [0.2, 0.25) is 0 Å². The molecule has 2 heterocycles. The van der Waals surface area contributed by atoms with Gasteiger partial charge in [-0.3, -0.25) is 9.69 Å². The van der Waals surface area contributed by atoms with Crippen molar-refractivity contribution in [2.75, 3.05) is 32.8 Å². The molecule has 0 bridgehead atoms. The van der Waals surface area contributed by atoms with Crippen molar-refractivity contribution in [3.63, 3.8) is 0 Å². The van der Waals surface area contributed by atoms with E-state index in [4.69, 9.17) is 9.47 Å². The lowest BCUT2D eigenvalue weighted by molar-refractivity contribution is -0.144. The lowest BCUT2D eigenvalue weighted by Gasteiger charge is -2.31. The standard InChI is InChI=1S/C19H29NO4/c1-13-4-3-5-14(2)11-17-18(16(21)10-13)15(19(22)24-17)12-20-6-8-23-9-7-20/h5,10,15-18,21H,3-4,6-9,11-12H2,1-2H3/b13-10?,14-5+/t15-,16+,17-,18-/m0/s1. The molecule has 3 rings (SSSR count). The van der Waals surface area contributed by atoms with E-state index in [1.54, 1.807) is 0 Å². The first-order valence-corrected chi connectivity index (χ1v) is 9.06. The summed E-state index contributed by atoms with van der Waals surface area (Å²) in [5.74, 6) is -0.593. The largest absolute Gasteiger partial charge is 0.461 e. The Morgan fingerprint density at radius 2 is 2.00 bits per heavy atom. The zero-order valence-electron chi connectivity index (χ0n) is 14.7. The van der Waals surface area contributed by atoms with Gasteiger partial charge in [-0.25, -0.2) is 0 Å². The van der Waals surface area contributed by atoms with Gasteiger partial charge in [-0.05, 0) is 26.7 Å². The molecule has 24 heavy (non-hydrogen) atoms. The number of hydrogen-bond donors (Lipinski definition) is 1. The van der Waals surface area contributed by atoms with Crippen LogP contribution in [0.5, 0.6) is 0 Å². The summed E-state index contributed by atoms with van der Waals surface area (Å²) in [5, 5.41) is 10.8. The zero-order valence-corrected chi connectivity index (χ0v) is 14.7. The molecule has 1 N–H and O–H groups in total. The predicted octanol–water partition coefficient (Wildman–Crippen LogP) is 1.91. The molecule has 0 aromatic heterocycles. The molecule has 0 saturated carbocycles. The number of fused-ring (bicyclic) bond motifs is 1. The highest BCUT2D eigenvalue weighted by molar-refractivity contribution is 5.76. The molecule has 5 heteroatoms. The molecule has 2 aliphatic heterocycles. The summed E-state index contributed by atoms with van der Waals surface area (Å²) in [6, 6.07) is 0. The highest BCUT2D eigenvalue weighted by atomic mass is 16.6. The van der Waals surface area contributed by atoms with Gasteiger partial charge in [0.1, 0.15) is 6.10 Å². The SMILES string of the molecule is CC1=C[C@@H](O)[C@H]2[C@H](C/C(C)=C/CC1)OC(=O)[C@H]2CN1CCOCC1. The summed E-state index contributed by atoms with van der Waals surface area (Å²) in [7, 11) is 0. The Morgan fingerprint density at radius 3 is 2.75 bits per heavy atom. The van der Waals surface area contributed by atoms with E-state index in [1.165, 1.54) is 11.1 Å². The van der Waals surface area contributed by atoms with Crippen molar-refractivity contribution in [2.24, 2.45) is 11.8 Å². The fraction of sp³-hybridized carbons (Fsp3) is 0.737. The average Bonchev–Trinajstić information content (AvgIpc) is 2.83. The van der Waals surface area contributed by atoms with Crippen LogP contribution in [0.1, 0.15) is 33.1 Å². The molecule has 3 aliphatic rings. The highest BCUT2D eigenvalue weighted by Gasteiger charge is 2.48. The van der Waals surface area contributed by atoms with Gasteiger partial charge in [-0.1, -0.05) is 23.3 Å². The summed E-state index contributed by atoms with van der Waals surface area (Å²) in [5.41, 5.74) is 2.42. The van der Waals surface area contributed by atoms with Crippen LogP contribution in [0.3, 0.4) is 0 Å². The minimum absolute atomic E-state index is 0.159. The van der Waals surface area contributed by atoms with E-state index in [0.29, 0.717) is 19.8 Å². The van der Waals surface area contributed by atoms with E-state index < -0.39 is 6.10 Å². The molecule has 4 atom stereocenters. The molecule has 0 amide bonds. The van der Waals surface area contributed by atoms with Gasteiger partial charge in [0.05, 0.1) is 25.2 Å².